The Morgan fingerprint density at radius 2 is 2.10 bits per heavy atom. The van der Waals surface area contributed by atoms with Crippen LogP contribution in [0.15, 0.2) is 18.2 Å². The van der Waals surface area contributed by atoms with E-state index in [4.69, 9.17) is 16.3 Å². The van der Waals surface area contributed by atoms with Gasteiger partial charge in [-0.1, -0.05) is 23.4 Å². The van der Waals surface area contributed by atoms with Crippen LogP contribution in [0.1, 0.15) is 36.7 Å². The number of nitrogens with one attached hydrogen (secondary N) is 1. The Bertz CT molecular complexity index is 565. The third kappa shape index (κ3) is 6.26. The van der Waals surface area contributed by atoms with Gasteiger partial charge in [-0.15, -0.1) is 0 Å². The molecular formula is C15H16ClNO3. The Labute approximate surface area is 123 Å². The van der Waals surface area contributed by atoms with Gasteiger partial charge in [0.15, 0.2) is 0 Å². The summed E-state index contributed by atoms with van der Waals surface area (Å²) in [5, 5.41) is 2.96. The van der Waals surface area contributed by atoms with Gasteiger partial charge in [-0.2, -0.15) is 0 Å². The zero-order valence-corrected chi connectivity index (χ0v) is 12.4. The molecule has 0 aliphatic rings. The van der Waals surface area contributed by atoms with Crippen LogP contribution < -0.4 is 5.32 Å². The van der Waals surface area contributed by atoms with E-state index in [0.717, 1.165) is 0 Å². The number of halogens is 1. The van der Waals surface area contributed by atoms with E-state index < -0.39 is 11.7 Å². The predicted octanol–water partition coefficient (Wildman–Crippen LogP) is 3.03. The van der Waals surface area contributed by atoms with E-state index in [1.54, 1.807) is 39.0 Å². The molecule has 0 bridgehead atoms. The maximum atomic E-state index is 11.4. The van der Waals surface area contributed by atoms with Gasteiger partial charge in [0.1, 0.15) is 11.9 Å². The summed E-state index contributed by atoms with van der Waals surface area (Å²) >= 11 is 5.85. The first-order valence-electron chi connectivity index (χ1n) is 6.01. The fourth-order valence-electron chi connectivity index (χ4n) is 1.33. The normalized spacial score (nSPS) is 10.2. The molecule has 0 spiro atoms. The third-order valence-electron chi connectivity index (χ3n) is 2.01. The number of rotatable bonds is 2. The minimum Gasteiger partial charge on any atom is -0.444 e. The van der Waals surface area contributed by atoms with Crippen molar-refractivity contribution in [3.63, 3.8) is 0 Å². The topological polar surface area (TPSA) is 55.4 Å². The zero-order valence-electron chi connectivity index (χ0n) is 11.6. The largest absolute Gasteiger partial charge is 0.444 e. The lowest BCUT2D eigenvalue weighted by Gasteiger charge is -2.18. The molecule has 5 heteroatoms. The monoisotopic (exact) mass is 293 g/mol. The Kier molecular flexibility index (Phi) is 5.60. The van der Waals surface area contributed by atoms with Crippen molar-refractivity contribution in [1.82, 2.24) is 5.32 Å². The van der Waals surface area contributed by atoms with Gasteiger partial charge in [-0.05, 0) is 39.0 Å². The highest BCUT2D eigenvalue weighted by Gasteiger charge is 2.14. The van der Waals surface area contributed by atoms with Crippen LogP contribution >= 0.6 is 11.6 Å². The fraction of sp³-hybridized carbons (Fsp3) is 0.333. The van der Waals surface area contributed by atoms with E-state index in [2.05, 4.69) is 17.2 Å². The van der Waals surface area contributed by atoms with Crippen molar-refractivity contribution in [2.75, 3.05) is 6.54 Å². The summed E-state index contributed by atoms with van der Waals surface area (Å²) in [6.07, 6.45) is 0.183. The number of alkyl carbamates (subject to hydrolysis) is 1. The average molecular weight is 294 g/mol. The highest BCUT2D eigenvalue weighted by Crippen LogP contribution is 2.13. The van der Waals surface area contributed by atoms with Gasteiger partial charge in [0.2, 0.25) is 0 Å². The lowest BCUT2D eigenvalue weighted by Crippen LogP contribution is -2.32. The van der Waals surface area contributed by atoms with Crippen molar-refractivity contribution in [2.45, 2.75) is 26.4 Å². The van der Waals surface area contributed by atoms with E-state index in [9.17, 15) is 9.59 Å². The third-order valence-corrected chi connectivity index (χ3v) is 2.23. The molecule has 0 heterocycles. The fourth-order valence-corrected chi connectivity index (χ4v) is 1.57. The van der Waals surface area contributed by atoms with Crippen molar-refractivity contribution < 1.29 is 14.3 Å². The summed E-state index contributed by atoms with van der Waals surface area (Å²) in [6, 6.07) is 4.83. The highest BCUT2D eigenvalue weighted by atomic mass is 35.5. The number of benzene rings is 1. The zero-order chi connectivity index (χ0) is 15.2. The van der Waals surface area contributed by atoms with Gasteiger partial charge in [0, 0.05) is 16.1 Å². The summed E-state index contributed by atoms with van der Waals surface area (Å²) < 4.78 is 5.06. The van der Waals surface area contributed by atoms with Gasteiger partial charge >= 0.3 is 6.09 Å². The predicted molar refractivity (Wildman–Crippen MR) is 78.0 cm³/mol. The second kappa shape index (κ2) is 6.97. The van der Waals surface area contributed by atoms with Crippen molar-refractivity contribution in [1.29, 1.82) is 0 Å². The van der Waals surface area contributed by atoms with Crippen molar-refractivity contribution in [2.24, 2.45) is 0 Å². The molecule has 1 amide bonds. The molecule has 0 aliphatic carbocycles. The lowest BCUT2D eigenvalue weighted by molar-refractivity contribution is 0.0535. The van der Waals surface area contributed by atoms with Crippen LogP contribution in [0.25, 0.3) is 0 Å². The molecule has 0 radical (unpaired) electrons. The van der Waals surface area contributed by atoms with Crippen LogP contribution in [0, 0.1) is 11.8 Å². The first-order valence-corrected chi connectivity index (χ1v) is 6.39. The average Bonchev–Trinajstić information content (AvgIpc) is 2.32. The molecule has 0 aromatic heterocycles. The molecule has 1 aromatic carbocycles. The second-order valence-corrected chi connectivity index (χ2v) is 5.48. The summed E-state index contributed by atoms with van der Waals surface area (Å²) in [7, 11) is 0. The maximum absolute atomic E-state index is 11.4. The molecule has 0 saturated heterocycles. The van der Waals surface area contributed by atoms with E-state index in [1.807, 2.05) is 0 Å². The van der Waals surface area contributed by atoms with Crippen LogP contribution in [-0.4, -0.2) is 24.5 Å². The Hall–Kier alpha value is -1.99. The number of hydrogen-bond donors (Lipinski definition) is 1. The van der Waals surface area contributed by atoms with Crippen LogP contribution in [0.2, 0.25) is 5.02 Å². The molecule has 0 aliphatic heterocycles. The summed E-state index contributed by atoms with van der Waals surface area (Å²) in [5.41, 5.74) is 0.538. The van der Waals surface area contributed by atoms with Gasteiger partial charge in [0.05, 0.1) is 6.54 Å². The van der Waals surface area contributed by atoms with Crippen LogP contribution in [0.4, 0.5) is 4.79 Å². The van der Waals surface area contributed by atoms with E-state index >= 15 is 0 Å². The van der Waals surface area contributed by atoms with Crippen molar-refractivity contribution in [3.05, 3.63) is 34.3 Å². The molecular weight excluding hydrogens is 278 g/mol. The summed E-state index contributed by atoms with van der Waals surface area (Å²) in [4.78, 5) is 22.0. The van der Waals surface area contributed by atoms with E-state index in [-0.39, 0.29) is 6.54 Å². The SMILES string of the molecule is CC(C)(C)OC(=O)NCC#Cc1cc(Cl)cc(C=O)c1. The van der Waals surface area contributed by atoms with Crippen LogP contribution in [0.3, 0.4) is 0 Å². The van der Waals surface area contributed by atoms with Crippen molar-refractivity contribution >= 4 is 24.0 Å². The molecule has 20 heavy (non-hydrogen) atoms. The van der Waals surface area contributed by atoms with E-state index in [0.29, 0.717) is 22.4 Å². The smallest absolute Gasteiger partial charge is 0.408 e. The molecule has 0 atom stereocenters. The molecule has 1 rings (SSSR count). The van der Waals surface area contributed by atoms with E-state index in [1.165, 1.54) is 0 Å². The molecule has 0 fully saturated rings. The minimum atomic E-state index is -0.538. The molecule has 0 unspecified atom stereocenters. The Morgan fingerprint density at radius 1 is 1.40 bits per heavy atom. The molecule has 1 aromatic rings. The van der Waals surface area contributed by atoms with Gasteiger partial charge < -0.3 is 10.1 Å². The molecule has 106 valence electrons. The molecule has 4 nitrogen and oxygen atoms in total. The number of hydrogen-bond acceptors (Lipinski definition) is 3. The van der Waals surface area contributed by atoms with Gasteiger partial charge in [-0.25, -0.2) is 4.79 Å². The lowest BCUT2D eigenvalue weighted by atomic mass is 10.1. The van der Waals surface area contributed by atoms with Gasteiger partial charge in [-0.3, -0.25) is 4.79 Å². The maximum Gasteiger partial charge on any atom is 0.408 e. The minimum absolute atomic E-state index is 0.151. The molecule has 0 saturated carbocycles. The quantitative estimate of drug-likeness (QED) is 0.673. The Morgan fingerprint density at radius 3 is 2.70 bits per heavy atom. The first kappa shape index (κ1) is 16.1. The Balaban J connectivity index is 2.57. The number of carbonyl (C=O) groups excluding carboxylic acids is 2. The summed E-state index contributed by atoms with van der Waals surface area (Å²) in [6.45, 7) is 5.50. The highest BCUT2D eigenvalue weighted by molar-refractivity contribution is 6.31. The molecule has 1 N–H and O–H groups in total. The number of aldehydes is 1. The number of ether oxygens (including phenoxy) is 1. The number of amides is 1. The summed E-state index contributed by atoms with van der Waals surface area (Å²) in [5.74, 6) is 5.58. The second-order valence-electron chi connectivity index (χ2n) is 5.05. The van der Waals surface area contributed by atoms with Crippen molar-refractivity contribution in [3.8, 4) is 11.8 Å². The van der Waals surface area contributed by atoms with Gasteiger partial charge in [0.25, 0.3) is 0 Å². The standard InChI is InChI=1S/C15H16ClNO3/c1-15(2,3)20-14(19)17-6-4-5-11-7-12(10-18)9-13(16)8-11/h7-10H,6H2,1-3H3,(H,17,19). The number of carbonyl (C=O) groups is 2. The van der Waals surface area contributed by atoms with Crippen LogP contribution in [-0.2, 0) is 4.74 Å². The van der Waals surface area contributed by atoms with Crippen LogP contribution in [0.5, 0.6) is 0 Å². The first-order chi connectivity index (χ1) is 9.30.